The molecule has 0 rings (SSSR count). The first-order valence-electron chi connectivity index (χ1n) is 8.32. The zero-order valence-electron chi connectivity index (χ0n) is 15.7. The molecule has 0 unspecified atom stereocenters. The zero-order valence-corrected chi connectivity index (χ0v) is 16.5. The molecular formula is C19H30ClFN2O2. The van der Waals surface area contributed by atoms with E-state index in [9.17, 15) is 9.32 Å². The van der Waals surface area contributed by atoms with Crippen LogP contribution in [0.2, 0.25) is 0 Å². The second kappa shape index (κ2) is 11.7. The highest BCUT2D eigenvalue weighted by atomic mass is 35.5. The van der Waals surface area contributed by atoms with Crippen molar-refractivity contribution in [1.29, 1.82) is 0 Å². The largest absolute Gasteiger partial charge is 0.447 e. The fraction of sp³-hybridized carbons (Fsp3) is 0.526. The van der Waals surface area contributed by atoms with Gasteiger partial charge in [-0.1, -0.05) is 64.1 Å². The molecule has 0 bridgehead atoms. The smallest absolute Gasteiger partial charge is 0.372 e. The van der Waals surface area contributed by atoms with Gasteiger partial charge in [0, 0.05) is 31.2 Å². The van der Waals surface area contributed by atoms with Crippen LogP contribution < -0.4 is 0 Å². The van der Waals surface area contributed by atoms with Gasteiger partial charge >= 0.3 is 6.09 Å². The van der Waals surface area contributed by atoms with E-state index in [0.717, 1.165) is 12.8 Å². The summed E-state index contributed by atoms with van der Waals surface area (Å²) < 4.78 is 12.4. The van der Waals surface area contributed by atoms with Crippen molar-refractivity contribution >= 4 is 17.7 Å². The van der Waals surface area contributed by atoms with Crippen molar-refractivity contribution in [1.82, 2.24) is 9.80 Å². The lowest BCUT2D eigenvalue weighted by Crippen LogP contribution is -2.42. The van der Waals surface area contributed by atoms with Gasteiger partial charge in [0.2, 0.25) is 0 Å². The quantitative estimate of drug-likeness (QED) is 0.452. The van der Waals surface area contributed by atoms with E-state index in [4.69, 9.17) is 11.6 Å². The predicted molar refractivity (Wildman–Crippen MR) is 103 cm³/mol. The Morgan fingerprint density at radius 2 is 1.96 bits per heavy atom. The molecule has 0 aromatic rings. The van der Waals surface area contributed by atoms with Crippen molar-refractivity contribution in [3.05, 3.63) is 48.2 Å². The lowest BCUT2D eigenvalue weighted by atomic mass is 9.87. The number of hydrogen-bond donors (Lipinski definition) is 0. The van der Waals surface area contributed by atoms with Crippen molar-refractivity contribution in [2.24, 2.45) is 5.41 Å². The van der Waals surface area contributed by atoms with Crippen LogP contribution in [0.15, 0.2) is 48.2 Å². The standard InChI is InChI=1S/C19H30ClFN2O2/c1-7-10-11-16(20)17(9-3)22(6)13-14-23(18(24)25-21)15-19(4,5)12-8-2/h7,9-11H,1,3,8,12-15H2,2,4-6H3/b11-10-,17-16-. The van der Waals surface area contributed by atoms with E-state index in [-0.39, 0.29) is 5.41 Å². The minimum atomic E-state index is -0.973. The molecule has 0 N–H and O–H groups in total. The first-order valence-corrected chi connectivity index (χ1v) is 8.70. The number of nitrogens with zero attached hydrogens (tertiary/aromatic N) is 2. The van der Waals surface area contributed by atoms with Gasteiger partial charge in [0.15, 0.2) is 0 Å². The Bertz CT molecular complexity index is 516. The number of allylic oxidation sites excluding steroid dienone is 5. The Hall–Kier alpha value is -1.75. The van der Waals surface area contributed by atoms with E-state index in [2.05, 4.69) is 25.0 Å². The maximum Gasteiger partial charge on any atom is 0.447 e. The molecule has 0 heterocycles. The average Bonchev–Trinajstić information content (AvgIpc) is 2.56. The predicted octanol–water partition coefficient (Wildman–Crippen LogP) is 5.45. The second-order valence-electron chi connectivity index (χ2n) is 6.63. The van der Waals surface area contributed by atoms with Gasteiger partial charge in [0.25, 0.3) is 0 Å². The van der Waals surface area contributed by atoms with E-state index < -0.39 is 6.09 Å². The van der Waals surface area contributed by atoms with Gasteiger partial charge < -0.3 is 9.80 Å². The first-order chi connectivity index (χ1) is 11.7. The highest BCUT2D eigenvalue weighted by molar-refractivity contribution is 6.31. The maximum absolute atomic E-state index is 12.4. The van der Waals surface area contributed by atoms with E-state index in [0.29, 0.717) is 30.4 Å². The third-order valence-electron chi connectivity index (χ3n) is 3.80. The molecule has 1 amide bonds. The third kappa shape index (κ3) is 8.77. The van der Waals surface area contributed by atoms with Gasteiger partial charge in [-0.15, -0.1) is 0 Å². The fourth-order valence-corrected chi connectivity index (χ4v) is 2.92. The SMILES string of the molecule is C=C/C=C\C(Cl)=C(/C=C)N(C)CCN(CC(C)(C)CCC)C(=O)OF. The van der Waals surface area contributed by atoms with Gasteiger partial charge in [0.1, 0.15) is 0 Å². The minimum absolute atomic E-state index is 0.122. The molecular weight excluding hydrogens is 343 g/mol. The number of carbonyl (C=O) groups excluding carboxylic acids is 1. The van der Waals surface area contributed by atoms with Crippen molar-refractivity contribution in [3.8, 4) is 0 Å². The normalized spacial score (nSPS) is 12.6. The van der Waals surface area contributed by atoms with Gasteiger partial charge in [-0.25, -0.2) is 9.74 Å². The van der Waals surface area contributed by atoms with Crippen LogP contribution in [0.25, 0.3) is 0 Å². The van der Waals surface area contributed by atoms with Gasteiger partial charge in [-0.2, -0.15) is 0 Å². The summed E-state index contributed by atoms with van der Waals surface area (Å²) in [5.41, 5.74) is 0.587. The summed E-state index contributed by atoms with van der Waals surface area (Å²) in [5.74, 6) is 0. The number of amides is 1. The summed E-state index contributed by atoms with van der Waals surface area (Å²) in [7, 11) is 1.83. The molecule has 0 fully saturated rings. The first kappa shape index (κ1) is 23.2. The molecule has 4 nitrogen and oxygen atoms in total. The molecule has 142 valence electrons. The maximum atomic E-state index is 12.4. The van der Waals surface area contributed by atoms with Crippen molar-refractivity contribution < 1.29 is 14.3 Å². The van der Waals surface area contributed by atoms with E-state index >= 15 is 0 Å². The Morgan fingerprint density at radius 3 is 2.44 bits per heavy atom. The van der Waals surface area contributed by atoms with Gasteiger partial charge in [-0.05, 0) is 24.0 Å². The number of halogens is 2. The average molecular weight is 373 g/mol. The lowest BCUT2D eigenvalue weighted by molar-refractivity contribution is -0.0828. The molecule has 0 spiro atoms. The van der Waals surface area contributed by atoms with Crippen LogP contribution in [0.1, 0.15) is 33.6 Å². The molecule has 0 radical (unpaired) electrons. The zero-order chi connectivity index (χ0) is 19.5. The molecule has 25 heavy (non-hydrogen) atoms. The summed E-state index contributed by atoms with van der Waals surface area (Å²) in [6, 6.07) is 0. The lowest BCUT2D eigenvalue weighted by Gasteiger charge is -2.32. The number of rotatable bonds is 11. The van der Waals surface area contributed by atoms with Crippen LogP contribution in [0, 0.1) is 5.41 Å². The Morgan fingerprint density at radius 1 is 1.32 bits per heavy atom. The highest BCUT2D eigenvalue weighted by Crippen LogP contribution is 2.24. The molecule has 0 saturated carbocycles. The molecule has 0 aliphatic carbocycles. The molecule has 6 heteroatoms. The summed E-state index contributed by atoms with van der Waals surface area (Å²) in [4.78, 5) is 18.4. The topological polar surface area (TPSA) is 32.8 Å². The molecule has 0 aromatic heterocycles. The molecule has 0 aliphatic heterocycles. The third-order valence-corrected chi connectivity index (χ3v) is 4.12. The van der Waals surface area contributed by atoms with Crippen LogP contribution in [0.4, 0.5) is 9.32 Å². The van der Waals surface area contributed by atoms with E-state index in [1.807, 2.05) is 25.8 Å². The molecule has 0 aliphatic rings. The summed E-state index contributed by atoms with van der Waals surface area (Å²) >= 11 is 6.24. The molecule has 0 saturated heterocycles. The van der Waals surface area contributed by atoms with Crippen LogP contribution in [-0.4, -0.2) is 42.6 Å². The Labute approximate surface area is 156 Å². The van der Waals surface area contributed by atoms with Crippen LogP contribution in [0.3, 0.4) is 0 Å². The van der Waals surface area contributed by atoms with Crippen LogP contribution in [-0.2, 0) is 4.94 Å². The highest BCUT2D eigenvalue weighted by Gasteiger charge is 2.26. The van der Waals surface area contributed by atoms with Gasteiger partial charge in [-0.3, -0.25) is 0 Å². The number of carbonyl (C=O) groups is 1. The summed E-state index contributed by atoms with van der Waals surface area (Å²) in [6.07, 6.45) is 7.63. The monoisotopic (exact) mass is 372 g/mol. The van der Waals surface area contributed by atoms with Crippen molar-refractivity contribution in [2.75, 3.05) is 26.7 Å². The Kier molecular flexibility index (Phi) is 10.9. The van der Waals surface area contributed by atoms with E-state index in [1.54, 1.807) is 24.3 Å². The van der Waals surface area contributed by atoms with E-state index in [1.165, 1.54) is 4.90 Å². The van der Waals surface area contributed by atoms with Gasteiger partial charge in [0.05, 0.1) is 10.7 Å². The summed E-state index contributed by atoms with van der Waals surface area (Å²) in [6.45, 7) is 14.7. The fourth-order valence-electron chi connectivity index (χ4n) is 2.62. The second-order valence-corrected chi connectivity index (χ2v) is 7.04. The van der Waals surface area contributed by atoms with Crippen molar-refractivity contribution in [3.63, 3.8) is 0 Å². The van der Waals surface area contributed by atoms with Crippen molar-refractivity contribution in [2.45, 2.75) is 33.6 Å². The molecule has 0 atom stereocenters. The minimum Gasteiger partial charge on any atom is -0.372 e. The Balaban J connectivity index is 5.09. The molecule has 0 aromatic carbocycles. The van der Waals surface area contributed by atoms with Crippen LogP contribution in [0.5, 0.6) is 0 Å². The number of likely N-dealkylation sites (N-methyl/N-ethyl adjacent to an activating group) is 1. The summed E-state index contributed by atoms with van der Waals surface area (Å²) in [5, 5.41) is 0.503. The van der Waals surface area contributed by atoms with Crippen LogP contribution >= 0.6 is 11.6 Å². The number of hydrogen-bond acceptors (Lipinski definition) is 3.